The Kier molecular flexibility index (Phi) is 7.57. The van der Waals surface area contributed by atoms with E-state index in [0.29, 0.717) is 21.6 Å². The fourth-order valence-electron chi connectivity index (χ4n) is 2.20. The fourth-order valence-corrected chi connectivity index (χ4v) is 4.52. The summed E-state index contributed by atoms with van der Waals surface area (Å²) in [6, 6.07) is 7.71. The van der Waals surface area contributed by atoms with Gasteiger partial charge in [-0.3, -0.25) is 10.2 Å². The summed E-state index contributed by atoms with van der Waals surface area (Å²) in [7, 11) is -3.71. The SMILES string of the molecule is CCN(Cc1nc(C)cc(SCC(=O)NN)n1)S(=O)(=O)c1ccc(Cl)cc1. The second-order valence-electron chi connectivity index (χ2n) is 5.51. The number of aromatic nitrogens is 2. The lowest BCUT2D eigenvalue weighted by molar-refractivity contribution is -0.118. The number of carbonyl (C=O) groups excluding carboxylic acids is 1. The van der Waals surface area contributed by atoms with Crippen LogP contribution in [0.5, 0.6) is 0 Å². The molecule has 1 aromatic heterocycles. The van der Waals surface area contributed by atoms with Crippen molar-refractivity contribution in [2.45, 2.75) is 30.3 Å². The van der Waals surface area contributed by atoms with Gasteiger partial charge in [0.2, 0.25) is 15.9 Å². The maximum Gasteiger partial charge on any atom is 0.244 e. The molecular weight excluding hydrogens is 410 g/mol. The molecule has 1 amide bonds. The second kappa shape index (κ2) is 9.47. The van der Waals surface area contributed by atoms with Crippen molar-refractivity contribution in [3.63, 3.8) is 0 Å². The lowest BCUT2D eigenvalue weighted by atomic mass is 10.4. The van der Waals surface area contributed by atoms with E-state index >= 15 is 0 Å². The van der Waals surface area contributed by atoms with E-state index in [1.54, 1.807) is 19.9 Å². The Morgan fingerprint density at radius 1 is 1.30 bits per heavy atom. The van der Waals surface area contributed by atoms with Crippen LogP contribution in [-0.2, 0) is 21.4 Å². The van der Waals surface area contributed by atoms with Crippen LogP contribution in [0.4, 0.5) is 0 Å². The number of hydrogen-bond donors (Lipinski definition) is 2. The van der Waals surface area contributed by atoms with Crippen molar-refractivity contribution in [1.82, 2.24) is 19.7 Å². The van der Waals surface area contributed by atoms with Gasteiger partial charge in [-0.2, -0.15) is 4.31 Å². The standard InChI is InChI=1S/C16H20ClN5O3S2/c1-3-22(27(24,25)13-6-4-12(17)5-7-13)9-14-19-11(2)8-16(20-14)26-10-15(23)21-18/h4-8H,3,9-10,18H2,1-2H3,(H,21,23). The van der Waals surface area contributed by atoms with Gasteiger partial charge in [-0.25, -0.2) is 24.2 Å². The smallest absolute Gasteiger partial charge is 0.244 e. The zero-order valence-corrected chi connectivity index (χ0v) is 17.2. The van der Waals surface area contributed by atoms with Gasteiger partial charge in [0.15, 0.2) is 0 Å². The first-order valence-electron chi connectivity index (χ1n) is 7.98. The number of halogens is 1. The van der Waals surface area contributed by atoms with Gasteiger partial charge in [-0.1, -0.05) is 30.3 Å². The number of rotatable bonds is 8. The first kappa shape index (κ1) is 21.6. The van der Waals surface area contributed by atoms with Crippen molar-refractivity contribution < 1.29 is 13.2 Å². The van der Waals surface area contributed by atoms with Crippen molar-refractivity contribution in [1.29, 1.82) is 0 Å². The number of aryl methyl sites for hydroxylation is 1. The molecule has 0 aliphatic heterocycles. The third-order valence-corrected chi connectivity index (χ3v) is 6.61. The number of nitrogens with zero attached hydrogens (tertiary/aromatic N) is 3. The molecule has 0 atom stereocenters. The summed E-state index contributed by atoms with van der Waals surface area (Å²) in [6.07, 6.45) is 0. The van der Waals surface area contributed by atoms with Crippen LogP contribution in [0, 0.1) is 6.92 Å². The van der Waals surface area contributed by atoms with Crippen molar-refractivity contribution in [2.24, 2.45) is 5.84 Å². The van der Waals surface area contributed by atoms with E-state index in [9.17, 15) is 13.2 Å². The Bertz CT molecular complexity index is 907. The summed E-state index contributed by atoms with van der Waals surface area (Å²) < 4.78 is 27.0. The molecule has 3 N–H and O–H groups in total. The number of thioether (sulfide) groups is 1. The molecule has 0 unspecified atom stereocenters. The molecule has 0 aliphatic carbocycles. The Labute approximate surface area is 167 Å². The number of nitrogens with one attached hydrogen (secondary N) is 1. The summed E-state index contributed by atoms with van der Waals surface area (Å²) >= 11 is 7.03. The highest BCUT2D eigenvalue weighted by molar-refractivity contribution is 7.99. The van der Waals surface area contributed by atoms with Gasteiger partial charge < -0.3 is 0 Å². The lowest BCUT2D eigenvalue weighted by Gasteiger charge is -2.20. The summed E-state index contributed by atoms with van der Waals surface area (Å²) in [5.41, 5.74) is 2.72. The molecule has 0 fully saturated rings. The van der Waals surface area contributed by atoms with Gasteiger partial charge in [0.05, 0.1) is 17.2 Å². The summed E-state index contributed by atoms with van der Waals surface area (Å²) in [4.78, 5) is 20.1. The minimum Gasteiger partial charge on any atom is -0.294 e. The molecule has 0 radical (unpaired) electrons. The van der Waals surface area contributed by atoms with E-state index in [0.717, 1.165) is 0 Å². The first-order chi connectivity index (χ1) is 12.8. The van der Waals surface area contributed by atoms with Gasteiger partial charge >= 0.3 is 0 Å². The quantitative estimate of drug-likeness (QED) is 0.215. The monoisotopic (exact) mass is 429 g/mol. The third-order valence-electron chi connectivity index (χ3n) is 3.51. The molecule has 146 valence electrons. The van der Waals surface area contributed by atoms with Crippen molar-refractivity contribution >= 4 is 39.3 Å². The number of nitrogens with two attached hydrogens (primary N) is 1. The summed E-state index contributed by atoms with van der Waals surface area (Å²) in [5, 5.41) is 1.03. The Morgan fingerprint density at radius 2 is 1.96 bits per heavy atom. The zero-order valence-electron chi connectivity index (χ0n) is 14.8. The molecule has 0 aliphatic rings. The Hall–Kier alpha value is -1.72. The van der Waals surface area contributed by atoms with Crippen molar-refractivity contribution in [2.75, 3.05) is 12.3 Å². The number of hydrogen-bond acceptors (Lipinski definition) is 7. The number of carbonyl (C=O) groups is 1. The molecule has 0 bridgehead atoms. The molecule has 1 aromatic carbocycles. The predicted molar refractivity (Wildman–Crippen MR) is 105 cm³/mol. The summed E-state index contributed by atoms with van der Waals surface area (Å²) in [5.74, 6) is 5.19. The molecule has 0 spiro atoms. The van der Waals surface area contributed by atoms with Crippen LogP contribution in [0.1, 0.15) is 18.4 Å². The highest BCUT2D eigenvalue weighted by atomic mass is 35.5. The van der Waals surface area contributed by atoms with Gasteiger partial charge in [-0.05, 0) is 37.3 Å². The lowest BCUT2D eigenvalue weighted by Crippen LogP contribution is -2.32. The highest BCUT2D eigenvalue weighted by Crippen LogP contribution is 2.21. The minimum atomic E-state index is -3.71. The van der Waals surface area contributed by atoms with Gasteiger partial charge in [0.25, 0.3) is 0 Å². The van der Waals surface area contributed by atoms with Crippen LogP contribution in [0.2, 0.25) is 5.02 Å². The molecule has 0 saturated heterocycles. The molecule has 2 rings (SSSR count). The average Bonchev–Trinajstić information content (AvgIpc) is 2.64. The van der Waals surface area contributed by atoms with E-state index in [-0.39, 0.29) is 29.6 Å². The minimum absolute atomic E-state index is 0.0137. The van der Waals surface area contributed by atoms with Crippen LogP contribution in [-0.4, -0.2) is 40.9 Å². The van der Waals surface area contributed by atoms with E-state index < -0.39 is 10.0 Å². The fraction of sp³-hybridized carbons (Fsp3) is 0.312. The van der Waals surface area contributed by atoms with E-state index in [1.807, 2.05) is 5.43 Å². The van der Waals surface area contributed by atoms with Gasteiger partial charge in [-0.15, -0.1) is 0 Å². The zero-order chi connectivity index (χ0) is 20.0. The van der Waals surface area contributed by atoms with Crippen LogP contribution in [0.15, 0.2) is 40.3 Å². The largest absolute Gasteiger partial charge is 0.294 e. The van der Waals surface area contributed by atoms with Gasteiger partial charge in [0.1, 0.15) is 10.9 Å². The Balaban J connectivity index is 2.23. The first-order valence-corrected chi connectivity index (χ1v) is 10.8. The van der Waals surface area contributed by atoms with Crippen LogP contribution < -0.4 is 11.3 Å². The van der Waals surface area contributed by atoms with Crippen LogP contribution in [0.25, 0.3) is 0 Å². The van der Waals surface area contributed by atoms with E-state index in [2.05, 4.69) is 9.97 Å². The molecule has 27 heavy (non-hydrogen) atoms. The Morgan fingerprint density at radius 3 is 2.56 bits per heavy atom. The molecule has 2 aromatic rings. The highest BCUT2D eigenvalue weighted by Gasteiger charge is 2.24. The molecule has 11 heteroatoms. The molecule has 1 heterocycles. The van der Waals surface area contributed by atoms with Crippen molar-refractivity contribution in [3.8, 4) is 0 Å². The summed E-state index contributed by atoms with van der Waals surface area (Å²) in [6.45, 7) is 3.78. The molecular formula is C16H20ClN5O3S2. The predicted octanol–water partition coefficient (Wildman–Crippen LogP) is 1.73. The van der Waals surface area contributed by atoms with E-state index in [1.165, 1.54) is 40.3 Å². The normalized spacial score (nSPS) is 11.6. The molecule has 0 saturated carbocycles. The number of sulfonamides is 1. The van der Waals surface area contributed by atoms with Crippen molar-refractivity contribution in [3.05, 3.63) is 46.9 Å². The number of benzene rings is 1. The van der Waals surface area contributed by atoms with Crippen LogP contribution in [0.3, 0.4) is 0 Å². The number of amides is 1. The van der Waals surface area contributed by atoms with Crippen LogP contribution >= 0.6 is 23.4 Å². The topological polar surface area (TPSA) is 118 Å². The number of hydrazine groups is 1. The second-order valence-corrected chi connectivity index (χ2v) is 8.88. The maximum atomic E-state index is 12.9. The average molecular weight is 430 g/mol. The van der Waals surface area contributed by atoms with Gasteiger partial charge in [0, 0.05) is 17.3 Å². The maximum absolute atomic E-state index is 12.9. The van der Waals surface area contributed by atoms with E-state index in [4.69, 9.17) is 17.4 Å². The molecule has 8 nitrogen and oxygen atoms in total. The third kappa shape index (κ3) is 5.88.